The number of alkyl halides is 1. The Morgan fingerprint density at radius 1 is 1.24 bits per heavy atom. The minimum Gasteiger partial charge on any atom is -0.295 e. The molecule has 3 aromatic rings. The quantitative estimate of drug-likeness (QED) is 0.673. The van der Waals surface area contributed by atoms with Gasteiger partial charge in [-0.2, -0.15) is 5.26 Å². The molecule has 1 heterocycles. The first-order chi connectivity index (χ1) is 10.1. The van der Waals surface area contributed by atoms with E-state index in [9.17, 15) is 8.78 Å². The van der Waals surface area contributed by atoms with Crippen molar-refractivity contribution in [1.82, 2.24) is 9.55 Å². The largest absolute Gasteiger partial charge is 0.295 e. The summed E-state index contributed by atoms with van der Waals surface area (Å²) in [5, 5.41) is 8.97. The van der Waals surface area contributed by atoms with Crippen molar-refractivity contribution in [3.8, 4) is 11.8 Å². The summed E-state index contributed by atoms with van der Waals surface area (Å²) in [7, 11) is 0. The fourth-order valence-corrected chi connectivity index (χ4v) is 2.42. The van der Waals surface area contributed by atoms with Crippen LogP contribution in [0.3, 0.4) is 0 Å². The number of hydrogen-bond acceptors (Lipinski definition) is 2. The Morgan fingerprint density at radius 2 is 2.05 bits per heavy atom. The van der Waals surface area contributed by atoms with Crippen LogP contribution in [0.2, 0.25) is 0 Å². The monoisotopic (exact) mass is 303 g/mol. The van der Waals surface area contributed by atoms with Gasteiger partial charge in [-0.25, -0.2) is 13.8 Å². The molecule has 0 saturated heterocycles. The Labute approximate surface area is 124 Å². The summed E-state index contributed by atoms with van der Waals surface area (Å²) in [5.41, 5.74) is 1.34. The van der Waals surface area contributed by atoms with Crippen LogP contribution in [0.4, 0.5) is 8.78 Å². The van der Waals surface area contributed by atoms with Gasteiger partial charge >= 0.3 is 0 Å². The first kappa shape index (κ1) is 13.5. The summed E-state index contributed by atoms with van der Waals surface area (Å²) < 4.78 is 28.9. The number of benzene rings is 2. The molecule has 0 aliphatic heterocycles. The van der Waals surface area contributed by atoms with Crippen molar-refractivity contribution in [3.63, 3.8) is 0 Å². The van der Waals surface area contributed by atoms with Crippen molar-refractivity contribution in [3.05, 3.63) is 59.4 Å². The van der Waals surface area contributed by atoms with Crippen LogP contribution in [0.15, 0.2) is 36.4 Å². The van der Waals surface area contributed by atoms with E-state index in [2.05, 4.69) is 4.98 Å². The van der Waals surface area contributed by atoms with E-state index in [4.69, 9.17) is 16.9 Å². The lowest BCUT2D eigenvalue weighted by Gasteiger charge is -2.08. The van der Waals surface area contributed by atoms with Crippen LogP contribution in [0, 0.1) is 23.0 Å². The molecular weight excluding hydrogens is 296 g/mol. The van der Waals surface area contributed by atoms with Gasteiger partial charge in [-0.1, -0.05) is 6.07 Å². The van der Waals surface area contributed by atoms with E-state index in [1.54, 1.807) is 28.8 Å². The van der Waals surface area contributed by atoms with Crippen molar-refractivity contribution < 1.29 is 8.78 Å². The molecule has 0 aliphatic rings. The Morgan fingerprint density at radius 3 is 2.76 bits per heavy atom. The van der Waals surface area contributed by atoms with Crippen LogP contribution in [0.1, 0.15) is 11.4 Å². The molecule has 0 amide bonds. The normalized spacial score (nSPS) is 10.8. The van der Waals surface area contributed by atoms with Gasteiger partial charge in [0.1, 0.15) is 17.2 Å². The Balaban J connectivity index is 2.37. The van der Waals surface area contributed by atoms with Crippen LogP contribution in [-0.2, 0) is 5.88 Å². The number of rotatable bonds is 2. The highest BCUT2D eigenvalue weighted by atomic mass is 35.5. The fraction of sp³-hybridized carbons (Fsp3) is 0.0667. The molecule has 3 nitrogen and oxygen atoms in total. The molecule has 104 valence electrons. The zero-order chi connectivity index (χ0) is 15.0. The van der Waals surface area contributed by atoms with Crippen molar-refractivity contribution in [2.24, 2.45) is 0 Å². The molecule has 0 radical (unpaired) electrons. The first-order valence-corrected chi connectivity index (χ1v) is 6.60. The number of hydrogen-bond donors (Lipinski definition) is 0. The standard InChI is InChI=1S/C15H8ClF2N3/c16-7-14-20-15-12(18)5-10(17)6-13(15)21(14)11-3-1-2-9(4-11)8-19/h1-6H,7H2. The molecule has 2 aromatic carbocycles. The molecule has 0 saturated carbocycles. The van der Waals surface area contributed by atoms with Crippen LogP contribution in [-0.4, -0.2) is 9.55 Å². The Kier molecular flexibility index (Phi) is 3.32. The van der Waals surface area contributed by atoms with Gasteiger partial charge in [0.2, 0.25) is 0 Å². The van der Waals surface area contributed by atoms with Crippen LogP contribution in [0.5, 0.6) is 0 Å². The van der Waals surface area contributed by atoms with Crippen molar-refractivity contribution in [2.45, 2.75) is 5.88 Å². The van der Waals surface area contributed by atoms with Gasteiger partial charge in [0.25, 0.3) is 0 Å². The maximum absolute atomic E-state index is 13.8. The van der Waals surface area contributed by atoms with Gasteiger partial charge in [-0.05, 0) is 18.2 Å². The fourth-order valence-electron chi connectivity index (χ4n) is 2.24. The lowest BCUT2D eigenvalue weighted by atomic mass is 10.2. The zero-order valence-electron chi connectivity index (χ0n) is 10.6. The van der Waals surface area contributed by atoms with Gasteiger partial charge in [0.15, 0.2) is 5.82 Å². The van der Waals surface area contributed by atoms with E-state index < -0.39 is 11.6 Å². The molecule has 6 heteroatoms. The third-order valence-electron chi connectivity index (χ3n) is 3.10. The molecule has 1 aromatic heterocycles. The number of halogens is 3. The second-order valence-corrected chi connectivity index (χ2v) is 4.68. The van der Waals surface area contributed by atoms with Gasteiger partial charge in [-0.3, -0.25) is 4.57 Å². The lowest BCUT2D eigenvalue weighted by Crippen LogP contribution is -1.99. The number of nitriles is 1. The molecule has 21 heavy (non-hydrogen) atoms. The molecule has 0 aliphatic carbocycles. The second-order valence-electron chi connectivity index (χ2n) is 4.41. The molecular formula is C15H8ClF2N3. The van der Waals surface area contributed by atoms with Gasteiger partial charge in [-0.15, -0.1) is 11.6 Å². The maximum Gasteiger partial charge on any atom is 0.153 e. The summed E-state index contributed by atoms with van der Waals surface area (Å²) in [6.07, 6.45) is 0. The molecule has 3 rings (SSSR count). The number of aromatic nitrogens is 2. The molecule has 0 bridgehead atoms. The van der Waals surface area contributed by atoms with Crippen molar-refractivity contribution >= 4 is 22.6 Å². The van der Waals surface area contributed by atoms with E-state index in [-0.39, 0.29) is 16.9 Å². The van der Waals surface area contributed by atoms with E-state index in [1.807, 2.05) is 6.07 Å². The number of imidazole rings is 1. The third-order valence-corrected chi connectivity index (χ3v) is 3.34. The topological polar surface area (TPSA) is 41.6 Å². The lowest BCUT2D eigenvalue weighted by molar-refractivity contribution is 0.590. The molecule has 0 N–H and O–H groups in total. The predicted octanol–water partition coefficient (Wildman–Crippen LogP) is 3.91. The van der Waals surface area contributed by atoms with Crippen LogP contribution in [0.25, 0.3) is 16.7 Å². The average molecular weight is 304 g/mol. The minimum absolute atomic E-state index is 0.0342. The second kappa shape index (κ2) is 5.15. The van der Waals surface area contributed by atoms with Crippen molar-refractivity contribution in [2.75, 3.05) is 0 Å². The van der Waals surface area contributed by atoms with Gasteiger partial charge in [0.05, 0.1) is 23.0 Å². The highest BCUT2D eigenvalue weighted by Crippen LogP contribution is 2.26. The zero-order valence-corrected chi connectivity index (χ0v) is 11.4. The smallest absolute Gasteiger partial charge is 0.153 e. The van der Waals surface area contributed by atoms with Gasteiger partial charge in [0, 0.05) is 17.8 Å². The Bertz CT molecular complexity index is 880. The van der Waals surface area contributed by atoms with Gasteiger partial charge < -0.3 is 0 Å². The molecule has 0 fully saturated rings. The van der Waals surface area contributed by atoms with E-state index >= 15 is 0 Å². The van der Waals surface area contributed by atoms with Crippen molar-refractivity contribution in [1.29, 1.82) is 5.26 Å². The van der Waals surface area contributed by atoms with E-state index in [0.717, 1.165) is 6.07 Å². The predicted molar refractivity (Wildman–Crippen MR) is 75.3 cm³/mol. The molecule has 0 unspecified atom stereocenters. The molecule has 0 spiro atoms. The summed E-state index contributed by atoms with van der Waals surface area (Å²) in [6.45, 7) is 0. The van der Waals surface area contributed by atoms with Crippen LogP contribution >= 0.6 is 11.6 Å². The number of nitrogens with zero attached hydrogens (tertiary/aromatic N) is 3. The summed E-state index contributed by atoms with van der Waals surface area (Å²) in [5.74, 6) is -1.02. The summed E-state index contributed by atoms with van der Waals surface area (Å²) >= 11 is 5.85. The average Bonchev–Trinajstić information content (AvgIpc) is 2.86. The number of fused-ring (bicyclic) bond motifs is 1. The third kappa shape index (κ3) is 2.24. The van der Waals surface area contributed by atoms with Crippen LogP contribution < -0.4 is 0 Å². The summed E-state index contributed by atoms with van der Waals surface area (Å²) in [4.78, 5) is 4.11. The molecule has 0 atom stereocenters. The maximum atomic E-state index is 13.8. The first-order valence-electron chi connectivity index (χ1n) is 6.07. The Hall–Kier alpha value is -2.45. The highest BCUT2D eigenvalue weighted by molar-refractivity contribution is 6.17. The minimum atomic E-state index is -0.744. The summed E-state index contributed by atoms with van der Waals surface area (Å²) in [6, 6.07) is 10.7. The van der Waals surface area contributed by atoms with E-state index in [1.165, 1.54) is 6.07 Å². The SMILES string of the molecule is N#Cc1cccc(-n2c(CCl)nc3c(F)cc(F)cc32)c1. The van der Waals surface area contributed by atoms with E-state index in [0.29, 0.717) is 17.1 Å². The highest BCUT2D eigenvalue weighted by Gasteiger charge is 2.16.